The number of anilines is 3. The van der Waals surface area contributed by atoms with Crippen LogP contribution in [0.25, 0.3) is 0 Å². The second kappa shape index (κ2) is 6.27. The number of hydrogen-bond donors (Lipinski definition) is 4. The predicted octanol–water partition coefficient (Wildman–Crippen LogP) is 2.24. The second-order valence-electron chi connectivity index (χ2n) is 4.41. The third kappa shape index (κ3) is 3.41. The molecule has 0 aliphatic heterocycles. The van der Waals surface area contributed by atoms with Crippen molar-refractivity contribution in [1.82, 2.24) is 0 Å². The predicted molar refractivity (Wildman–Crippen MR) is 84.4 cm³/mol. The van der Waals surface area contributed by atoms with E-state index in [0.717, 1.165) is 11.3 Å². The first-order chi connectivity index (χ1) is 10.4. The standard InChI is InChI=1S/C14H13N3O4S/c1-7(18)16-11-6-8(2-3-9(11)15)13(19)17-10-4-5-22-12(10)14(20)21/h2-6H,15H2,1H3,(H,16,18)(H,17,19)(H,20,21). The molecule has 0 bridgehead atoms. The molecular weight excluding hydrogens is 306 g/mol. The number of nitrogen functional groups attached to an aromatic ring is 1. The van der Waals surface area contributed by atoms with Crippen LogP contribution in [0, 0.1) is 0 Å². The van der Waals surface area contributed by atoms with Gasteiger partial charge in [0, 0.05) is 12.5 Å². The van der Waals surface area contributed by atoms with Gasteiger partial charge in [0.15, 0.2) is 0 Å². The lowest BCUT2D eigenvalue weighted by Crippen LogP contribution is -2.15. The van der Waals surface area contributed by atoms with Gasteiger partial charge in [-0.1, -0.05) is 0 Å². The monoisotopic (exact) mass is 319 g/mol. The van der Waals surface area contributed by atoms with Crippen molar-refractivity contribution in [2.45, 2.75) is 6.92 Å². The Hall–Kier alpha value is -2.87. The minimum atomic E-state index is -1.11. The Labute approximate surface area is 129 Å². The lowest BCUT2D eigenvalue weighted by molar-refractivity contribution is -0.114. The molecule has 2 rings (SSSR count). The zero-order valence-corrected chi connectivity index (χ0v) is 12.4. The van der Waals surface area contributed by atoms with Crippen molar-refractivity contribution in [3.05, 3.63) is 40.1 Å². The molecule has 0 radical (unpaired) electrons. The van der Waals surface area contributed by atoms with Gasteiger partial charge >= 0.3 is 5.97 Å². The van der Waals surface area contributed by atoms with Gasteiger partial charge in [-0.3, -0.25) is 9.59 Å². The fourth-order valence-corrected chi connectivity index (χ4v) is 2.45. The van der Waals surface area contributed by atoms with Crippen LogP contribution in [0.2, 0.25) is 0 Å². The van der Waals surface area contributed by atoms with Crippen molar-refractivity contribution >= 4 is 46.2 Å². The lowest BCUT2D eigenvalue weighted by atomic mass is 10.1. The number of carboxylic acids is 1. The van der Waals surface area contributed by atoms with Gasteiger partial charge in [0.1, 0.15) is 4.88 Å². The van der Waals surface area contributed by atoms with Gasteiger partial charge in [-0.2, -0.15) is 0 Å². The van der Waals surface area contributed by atoms with E-state index in [1.807, 2.05) is 0 Å². The molecule has 0 saturated carbocycles. The molecule has 0 saturated heterocycles. The molecule has 1 aromatic heterocycles. The highest BCUT2D eigenvalue weighted by atomic mass is 32.1. The Morgan fingerprint density at radius 2 is 1.86 bits per heavy atom. The van der Waals surface area contributed by atoms with Crippen LogP contribution >= 0.6 is 11.3 Å². The molecule has 1 heterocycles. The number of hydrogen-bond acceptors (Lipinski definition) is 5. The highest BCUT2D eigenvalue weighted by Crippen LogP contribution is 2.24. The third-order valence-corrected chi connectivity index (χ3v) is 3.64. The number of carbonyl (C=O) groups is 3. The average Bonchev–Trinajstić information content (AvgIpc) is 2.89. The Bertz CT molecular complexity index is 754. The number of benzene rings is 1. The number of carboxylic acid groups (broad SMARTS) is 1. The number of amides is 2. The first-order valence-corrected chi connectivity index (χ1v) is 7.05. The van der Waals surface area contributed by atoms with E-state index in [-0.39, 0.29) is 22.0 Å². The number of carbonyl (C=O) groups excluding carboxylic acids is 2. The fourth-order valence-electron chi connectivity index (χ4n) is 1.76. The fraction of sp³-hybridized carbons (Fsp3) is 0.0714. The summed E-state index contributed by atoms with van der Waals surface area (Å²) in [6.07, 6.45) is 0. The minimum absolute atomic E-state index is 0.0471. The van der Waals surface area contributed by atoms with Crippen molar-refractivity contribution < 1.29 is 19.5 Å². The van der Waals surface area contributed by atoms with Crippen LogP contribution in [0.1, 0.15) is 27.0 Å². The second-order valence-corrected chi connectivity index (χ2v) is 5.32. The van der Waals surface area contributed by atoms with E-state index in [9.17, 15) is 14.4 Å². The van der Waals surface area contributed by atoms with Crippen LogP contribution in [0.15, 0.2) is 29.6 Å². The maximum Gasteiger partial charge on any atom is 0.348 e. The molecular formula is C14H13N3O4S. The molecule has 0 spiro atoms. The van der Waals surface area contributed by atoms with E-state index >= 15 is 0 Å². The molecule has 2 aromatic rings. The normalized spacial score (nSPS) is 10.0. The van der Waals surface area contributed by atoms with Crippen LogP contribution in [0.3, 0.4) is 0 Å². The summed E-state index contributed by atoms with van der Waals surface area (Å²) in [7, 11) is 0. The zero-order chi connectivity index (χ0) is 16.3. The summed E-state index contributed by atoms with van der Waals surface area (Å²) in [6, 6.07) is 5.92. The lowest BCUT2D eigenvalue weighted by Gasteiger charge is -2.09. The van der Waals surface area contributed by atoms with Gasteiger partial charge in [-0.25, -0.2) is 4.79 Å². The van der Waals surface area contributed by atoms with E-state index in [4.69, 9.17) is 10.8 Å². The van der Waals surface area contributed by atoms with Crippen LogP contribution in [-0.2, 0) is 4.79 Å². The Balaban J connectivity index is 2.24. The summed E-state index contributed by atoms with van der Waals surface area (Å²) in [4.78, 5) is 34.3. The van der Waals surface area contributed by atoms with Crippen molar-refractivity contribution in [1.29, 1.82) is 0 Å². The van der Waals surface area contributed by atoms with Gasteiger partial charge in [0.2, 0.25) is 5.91 Å². The number of nitrogens with one attached hydrogen (secondary N) is 2. The number of thiophene rings is 1. The molecule has 114 valence electrons. The summed E-state index contributed by atoms with van der Waals surface area (Å²) in [5.74, 6) is -1.91. The van der Waals surface area contributed by atoms with E-state index in [1.54, 1.807) is 5.38 Å². The maximum absolute atomic E-state index is 12.2. The summed E-state index contributed by atoms with van der Waals surface area (Å²) in [6.45, 7) is 1.33. The summed E-state index contributed by atoms with van der Waals surface area (Å²) in [5, 5.41) is 15.6. The Morgan fingerprint density at radius 3 is 2.50 bits per heavy atom. The molecule has 0 aliphatic rings. The van der Waals surface area contributed by atoms with Crippen LogP contribution in [0.4, 0.5) is 17.1 Å². The van der Waals surface area contributed by atoms with Gasteiger partial charge in [0.25, 0.3) is 5.91 Å². The SMILES string of the molecule is CC(=O)Nc1cc(C(=O)Nc2ccsc2C(=O)O)ccc1N. The molecule has 0 unspecified atom stereocenters. The first-order valence-electron chi connectivity index (χ1n) is 6.17. The van der Waals surface area contributed by atoms with Crippen molar-refractivity contribution in [2.24, 2.45) is 0 Å². The van der Waals surface area contributed by atoms with Crippen LogP contribution in [0.5, 0.6) is 0 Å². The van der Waals surface area contributed by atoms with Crippen molar-refractivity contribution in [2.75, 3.05) is 16.4 Å². The quantitative estimate of drug-likeness (QED) is 0.644. The summed E-state index contributed by atoms with van der Waals surface area (Å²) < 4.78 is 0. The van der Waals surface area contributed by atoms with Gasteiger partial charge in [0.05, 0.1) is 17.1 Å². The van der Waals surface area contributed by atoms with Crippen LogP contribution < -0.4 is 16.4 Å². The van der Waals surface area contributed by atoms with E-state index in [2.05, 4.69) is 10.6 Å². The van der Waals surface area contributed by atoms with Crippen molar-refractivity contribution in [3.8, 4) is 0 Å². The van der Waals surface area contributed by atoms with Crippen molar-refractivity contribution in [3.63, 3.8) is 0 Å². The smallest absolute Gasteiger partial charge is 0.348 e. The Morgan fingerprint density at radius 1 is 1.14 bits per heavy atom. The minimum Gasteiger partial charge on any atom is -0.477 e. The number of nitrogens with two attached hydrogens (primary N) is 1. The Kier molecular flexibility index (Phi) is 4.42. The molecule has 0 aliphatic carbocycles. The van der Waals surface area contributed by atoms with Gasteiger partial charge in [-0.15, -0.1) is 11.3 Å². The van der Waals surface area contributed by atoms with E-state index < -0.39 is 11.9 Å². The van der Waals surface area contributed by atoms with Crippen LogP contribution in [-0.4, -0.2) is 22.9 Å². The van der Waals surface area contributed by atoms with Gasteiger partial charge in [-0.05, 0) is 29.6 Å². The highest BCUT2D eigenvalue weighted by molar-refractivity contribution is 7.12. The highest BCUT2D eigenvalue weighted by Gasteiger charge is 2.15. The molecule has 2 amide bonds. The number of rotatable bonds is 4. The van der Waals surface area contributed by atoms with E-state index in [1.165, 1.54) is 31.2 Å². The number of aromatic carboxylic acids is 1. The summed E-state index contributed by atoms with van der Waals surface area (Å²) >= 11 is 1.02. The molecule has 5 N–H and O–H groups in total. The first kappa shape index (κ1) is 15.5. The van der Waals surface area contributed by atoms with Gasteiger partial charge < -0.3 is 21.5 Å². The molecule has 1 aromatic carbocycles. The molecule has 0 atom stereocenters. The largest absolute Gasteiger partial charge is 0.477 e. The van der Waals surface area contributed by atoms with E-state index in [0.29, 0.717) is 11.4 Å². The maximum atomic E-state index is 12.2. The molecule has 7 nitrogen and oxygen atoms in total. The molecule has 0 fully saturated rings. The average molecular weight is 319 g/mol. The third-order valence-electron chi connectivity index (χ3n) is 2.73. The zero-order valence-electron chi connectivity index (χ0n) is 11.5. The molecule has 22 heavy (non-hydrogen) atoms. The topological polar surface area (TPSA) is 122 Å². The summed E-state index contributed by atoms with van der Waals surface area (Å²) in [5.41, 5.74) is 6.84. The molecule has 8 heteroatoms.